The third kappa shape index (κ3) is 4.06. The lowest BCUT2D eigenvalue weighted by Gasteiger charge is -2.06. The monoisotopic (exact) mass is 399 g/mol. The maximum absolute atomic E-state index is 12.4. The number of nitrogens with zero attached hydrogens (tertiary/aromatic N) is 3. The first kappa shape index (κ1) is 17.2. The first-order valence-corrected chi connectivity index (χ1v) is 8.70. The third-order valence-corrected chi connectivity index (χ3v) is 4.30. The maximum Gasteiger partial charge on any atom is 0.280 e. The molecular weight excluding hydrogens is 382 g/mol. The van der Waals surface area contributed by atoms with Crippen LogP contribution in [0.2, 0.25) is 0 Å². The first-order valence-electron chi connectivity index (χ1n) is 7.90. The molecule has 1 amide bonds. The largest absolute Gasteiger partial charge is 0.382 e. The molecule has 0 saturated heterocycles. The average Bonchev–Trinajstić information content (AvgIpc) is 2.96. The molecule has 0 atom stereocenters. The number of aryl methyl sites for hydroxylation is 1. The number of nitrogens with two attached hydrogens (primary N) is 1. The van der Waals surface area contributed by atoms with Gasteiger partial charge in [0.2, 0.25) is 0 Å². The number of halogens is 1. The minimum atomic E-state index is -0.369. The van der Waals surface area contributed by atoms with Crippen molar-refractivity contribution in [3.8, 4) is 0 Å². The Morgan fingerprint density at radius 1 is 1.20 bits per heavy atom. The molecule has 0 aliphatic heterocycles. The highest BCUT2D eigenvalue weighted by Gasteiger charge is 2.18. The lowest BCUT2D eigenvalue weighted by Crippen LogP contribution is -2.15. The second-order valence-corrected chi connectivity index (χ2v) is 6.53. The number of anilines is 2. The molecule has 0 fully saturated rings. The van der Waals surface area contributed by atoms with Crippen LogP contribution >= 0.6 is 15.9 Å². The first-order chi connectivity index (χ1) is 12.1. The molecule has 6 nitrogen and oxygen atoms in total. The quantitative estimate of drug-likeness (QED) is 0.687. The Morgan fingerprint density at radius 3 is 2.72 bits per heavy atom. The zero-order chi connectivity index (χ0) is 17.8. The van der Waals surface area contributed by atoms with Crippen molar-refractivity contribution in [1.82, 2.24) is 15.0 Å². The van der Waals surface area contributed by atoms with Gasteiger partial charge in [-0.1, -0.05) is 52.3 Å². The van der Waals surface area contributed by atoms with Gasteiger partial charge in [0.1, 0.15) is 0 Å². The van der Waals surface area contributed by atoms with Crippen LogP contribution in [0.25, 0.3) is 0 Å². The molecule has 3 rings (SSSR count). The van der Waals surface area contributed by atoms with E-state index in [1.807, 2.05) is 48.5 Å². The summed E-state index contributed by atoms with van der Waals surface area (Å²) in [4.78, 5) is 12.4. The number of hydrogen-bond donors (Lipinski definition) is 2. The summed E-state index contributed by atoms with van der Waals surface area (Å²) < 4.78 is 2.48. The van der Waals surface area contributed by atoms with Crippen molar-refractivity contribution in [1.29, 1.82) is 0 Å². The van der Waals surface area contributed by atoms with Crippen LogP contribution in [0.3, 0.4) is 0 Å². The number of carbonyl (C=O) groups is 1. The number of nitrogens with one attached hydrogen (secondary N) is 1. The summed E-state index contributed by atoms with van der Waals surface area (Å²) in [5.74, 6) is -0.129. The summed E-state index contributed by atoms with van der Waals surface area (Å²) in [7, 11) is 0. The SMILES string of the molecule is CCc1cccc(NC(=O)c2nnn(Cc3cccc(Br)c3)c2N)c1. The Labute approximate surface area is 154 Å². The van der Waals surface area contributed by atoms with Crippen molar-refractivity contribution in [3.63, 3.8) is 0 Å². The van der Waals surface area contributed by atoms with Crippen molar-refractivity contribution in [2.75, 3.05) is 11.1 Å². The van der Waals surface area contributed by atoms with Gasteiger partial charge in [-0.15, -0.1) is 5.10 Å². The summed E-state index contributed by atoms with van der Waals surface area (Å²) >= 11 is 3.43. The molecule has 0 unspecified atom stereocenters. The van der Waals surface area contributed by atoms with E-state index in [4.69, 9.17) is 5.73 Å². The van der Waals surface area contributed by atoms with E-state index in [1.165, 1.54) is 4.68 Å². The van der Waals surface area contributed by atoms with E-state index in [0.29, 0.717) is 12.2 Å². The van der Waals surface area contributed by atoms with E-state index in [2.05, 4.69) is 38.5 Å². The molecule has 0 bridgehead atoms. The normalized spacial score (nSPS) is 10.6. The molecule has 0 aliphatic carbocycles. The second-order valence-electron chi connectivity index (χ2n) is 5.62. The van der Waals surface area contributed by atoms with Gasteiger partial charge < -0.3 is 11.1 Å². The Balaban J connectivity index is 1.76. The molecular formula is C18H18BrN5O. The van der Waals surface area contributed by atoms with Crippen LogP contribution in [-0.4, -0.2) is 20.9 Å². The number of carbonyl (C=O) groups excluding carboxylic acids is 1. The van der Waals surface area contributed by atoms with E-state index in [9.17, 15) is 4.79 Å². The number of rotatable bonds is 5. The molecule has 0 radical (unpaired) electrons. The van der Waals surface area contributed by atoms with Crippen molar-refractivity contribution in [2.45, 2.75) is 19.9 Å². The highest BCUT2D eigenvalue weighted by atomic mass is 79.9. The number of nitrogen functional groups attached to an aromatic ring is 1. The Hall–Kier alpha value is -2.67. The molecule has 3 aromatic rings. The van der Waals surface area contributed by atoms with E-state index in [-0.39, 0.29) is 17.4 Å². The second kappa shape index (κ2) is 7.48. The van der Waals surface area contributed by atoms with Crippen LogP contribution < -0.4 is 11.1 Å². The fourth-order valence-corrected chi connectivity index (χ4v) is 2.91. The number of benzene rings is 2. The minimum absolute atomic E-state index is 0.122. The molecule has 3 N–H and O–H groups in total. The smallest absolute Gasteiger partial charge is 0.280 e. The molecule has 7 heteroatoms. The number of aromatic nitrogens is 3. The predicted octanol–water partition coefficient (Wildman–Crippen LogP) is 3.49. The van der Waals surface area contributed by atoms with Crippen LogP contribution in [0.15, 0.2) is 53.0 Å². The topological polar surface area (TPSA) is 85.8 Å². The van der Waals surface area contributed by atoms with Gasteiger partial charge in [-0.3, -0.25) is 4.79 Å². The van der Waals surface area contributed by atoms with Gasteiger partial charge in [-0.25, -0.2) is 4.68 Å². The maximum atomic E-state index is 12.4. The summed E-state index contributed by atoms with van der Waals surface area (Å²) in [6, 6.07) is 15.5. The lowest BCUT2D eigenvalue weighted by atomic mass is 10.1. The van der Waals surface area contributed by atoms with E-state index < -0.39 is 0 Å². The van der Waals surface area contributed by atoms with Crippen molar-refractivity contribution in [2.24, 2.45) is 0 Å². The zero-order valence-corrected chi connectivity index (χ0v) is 15.3. The molecule has 0 aliphatic rings. The van der Waals surface area contributed by atoms with Gasteiger partial charge in [-0.2, -0.15) is 0 Å². The van der Waals surface area contributed by atoms with Crippen LogP contribution in [0, 0.1) is 0 Å². The summed E-state index contributed by atoms with van der Waals surface area (Å²) in [5, 5.41) is 10.8. The fraction of sp³-hybridized carbons (Fsp3) is 0.167. The van der Waals surface area contributed by atoms with E-state index in [1.54, 1.807) is 0 Å². The lowest BCUT2D eigenvalue weighted by molar-refractivity contribution is 0.102. The Kier molecular flexibility index (Phi) is 5.14. The predicted molar refractivity (Wildman–Crippen MR) is 101 cm³/mol. The molecule has 2 aromatic carbocycles. The average molecular weight is 400 g/mol. The third-order valence-electron chi connectivity index (χ3n) is 3.80. The van der Waals surface area contributed by atoms with Crippen LogP contribution in [-0.2, 0) is 13.0 Å². The molecule has 0 spiro atoms. The fourth-order valence-electron chi connectivity index (χ4n) is 2.47. The van der Waals surface area contributed by atoms with Crippen molar-refractivity contribution >= 4 is 33.3 Å². The summed E-state index contributed by atoms with van der Waals surface area (Å²) in [5.41, 5.74) is 9.05. The standard InChI is InChI=1S/C18H18BrN5O/c1-2-12-5-4-8-15(10-12)21-18(25)16-17(20)24(23-22-16)11-13-6-3-7-14(19)9-13/h3-10H,2,11,20H2,1H3,(H,21,25). The number of hydrogen-bond acceptors (Lipinski definition) is 4. The highest BCUT2D eigenvalue weighted by molar-refractivity contribution is 9.10. The minimum Gasteiger partial charge on any atom is -0.382 e. The van der Waals surface area contributed by atoms with Gasteiger partial charge in [0.15, 0.2) is 11.5 Å². The summed E-state index contributed by atoms with van der Waals surface area (Å²) in [6.45, 7) is 2.50. The van der Waals surface area contributed by atoms with Crippen LogP contribution in [0.1, 0.15) is 28.5 Å². The molecule has 1 heterocycles. The number of amides is 1. The molecule has 128 valence electrons. The highest BCUT2D eigenvalue weighted by Crippen LogP contribution is 2.17. The van der Waals surface area contributed by atoms with Gasteiger partial charge in [0, 0.05) is 10.2 Å². The molecule has 1 aromatic heterocycles. The van der Waals surface area contributed by atoms with Crippen molar-refractivity contribution < 1.29 is 4.79 Å². The van der Waals surface area contributed by atoms with Gasteiger partial charge in [0.25, 0.3) is 5.91 Å². The van der Waals surface area contributed by atoms with E-state index >= 15 is 0 Å². The van der Waals surface area contributed by atoms with Gasteiger partial charge >= 0.3 is 0 Å². The van der Waals surface area contributed by atoms with Gasteiger partial charge in [0.05, 0.1) is 6.54 Å². The van der Waals surface area contributed by atoms with Gasteiger partial charge in [-0.05, 0) is 41.8 Å². The van der Waals surface area contributed by atoms with Crippen LogP contribution in [0.4, 0.5) is 11.5 Å². The summed E-state index contributed by atoms with van der Waals surface area (Å²) in [6.07, 6.45) is 0.897. The Bertz CT molecular complexity index is 906. The van der Waals surface area contributed by atoms with E-state index in [0.717, 1.165) is 22.0 Å². The van der Waals surface area contributed by atoms with Crippen molar-refractivity contribution in [3.05, 3.63) is 69.8 Å². The molecule has 0 saturated carbocycles. The van der Waals surface area contributed by atoms with Crippen LogP contribution in [0.5, 0.6) is 0 Å². The Morgan fingerprint density at radius 2 is 1.96 bits per heavy atom. The zero-order valence-electron chi connectivity index (χ0n) is 13.7. The molecule has 25 heavy (non-hydrogen) atoms.